The predicted octanol–water partition coefficient (Wildman–Crippen LogP) is 3.72. The summed E-state index contributed by atoms with van der Waals surface area (Å²) in [5.41, 5.74) is 0.772. The van der Waals surface area contributed by atoms with Crippen LogP contribution in [0.25, 0.3) is 0 Å². The van der Waals surface area contributed by atoms with Crippen LogP contribution in [-0.2, 0) is 26.2 Å². The Bertz CT molecular complexity index is 1190. The Labute approximate surface area is 222 Å². The summed E-state index contributed by atoms with van der Waals surface area (Å²) in [6.07, 6.45) is 1.30. The largest absolute Gasteiger partial charge is 0.493 e. The van der Waals surface area contributed by atoms with E-state index in [1.807, 2.05) is 0 Å². The van der Waals surface area contributed by atoms with Crippen molar-refractivity contribution in [2.24, 2.45) is 0 Å². The van der Waals surface area contributed by atoms with Gasteiger partial charge in [0.2, 0.25) is 21.8 Å². The van der Waals surface area contributed by atoms with E-state index < -0.39 is 28.5 Å². The molecular weight excluding hydrogens is 529 g/mol. The van der Waals surface area contributed by atoms with E-state index in [0.29, 0.717) is 40.1 Å². The van der Waals surface area contributed by atoms with Crippen LogP contribution < -0.4 is 19.1 Å². The monoisotopic (exact) mass is 559 g/mol. The molecule has 1 atom stereocenters. The second-order valence-corrected chi connectivity index (χ2v) is 10.6. The first-order chi connectivity index (χ1) is 17.0. The molecule has 2 aromatic rings. The van der Waals surface area contributed by atoms with Crippen molar-refractivity contribution in [2.45, 2.75) is 32.9 Å². The summed E-state index contributed by atoms with van der Waals surface area (Å²) in [6.45, 7) is 3.35. The van der Waals surface area contributed by atoms with Crippen molar-refractivity contribution in [3.8, 4) is 11.5 Å². The maximum atomic E-state index is 13.7. The van der Waals surface area contributed by atoms with E-state index in [0.717, 1.165) is 10.6 Å². The highest BCUT2D eigenvalue weighted by molar-refractivity contribution is 7.92. The van der Waals surface area contributed by atoms with Gasteiger partial charge in [0.25, 0.3) is 0 Å². The standard InChI is InChI=1S/C24H31Cl2N3O6S/c1-6-20(24(31)27-7-2)28(14-16-8-9-17(25)12-19(16)26)23(30)15-29(36(5,32)33)18-10-11-21(34-3)22(13-18)35-4/h8-13,20H,6-7,14-15H2,1-5H3,(H,27,31)/t20-/m1/s1. The number of rotatable bonds is 12. The number of likely N-dealkylation sites (N-methyl/N-ethyl adjacent to an activating group) is 1. The van der Waals surface area contributed by atoms with Crippen LogP contribution in [0.5, 0.6) is 11.5 Å². The maximum Gasteiger partial charge on any atom is 0.244 e. The number of anilines is 1. The summed E-state index contributed by atoms with van der Waals surface area (Å²) in [5.74, 6) is -0.230. The first kappa shape index (κ1) is 29.5. The molecule has 0 aliphatic heterocycles. The highest BCUT2D eigenvalue weighted by Gasteiger charge is 2.32. The Kier molecular flexibility index (Phi) is 10.7. The quantitative estimate of drug-likeness (QED) is 0.425. The van der Waals surface area contributed by atoms with Crippen molar-refractivity contribution < 1.29 is 27.5 Å². The molecular formula is C24H31Cl2N3O6S. The smallest absolute Gasteiger partial charge is 0.244 e. The molecule has 2 aromatic carbocycles. The van der Waals surface area contributed by atoms with Crippen molar-refractivity contribution in [2.75, 3.05) is 37.9 Å². The summed E-state index contributed by atoms with van der Waals surface area (Å²) >= 11 is 12.4. The Morgan fingerprint density at radius 3 is 2.22 bits per heavy atom. The zero-order valence-electron chi connectivity index (χ0n) is 20.9. The van der Waals surface area contributed by atoms with Crippen LogP contribution >= 0.6 is 23.2 Å². The molecule has 2 rings (SSSR count). The van der Waals surface area contributed by atoms with E-state index in [9.17, 15) is 18.0 Å². The Morgan fingerprint density at radius 2 is 1.69 bits per heavy atom. The topological polar surface area (TPSA) is 105 Å². The molecule has 198 valence electrons. The van der Waals surface area contributed by atoms with Crippen LogP contribution in [0.3, 0.4) is 0 Å². The molecule has 0 saturated carbocycles. The van der Waals surface area contributed by atoms with Gasteiger partial charge in [0.1, 0.15) is 12.6 Å². The SMILES string of the molecule is CCNC(=O)[C@@H](CC)N(Cc1ccc(Cl)cc1Cl)C(=O)CN(c1ccc(OC)c(OC)c1)S(C)(=O)=O. The second kappa shape index (κ2) is 13.0. The van der Waals surface area contributed by atoms with E-state index in [4.69, 9.17) is 32.7 Å². The van der Waals surface area contributed by atoms with Gasteiger partial charge >= 0.3 is 0 Å². The van der Waals surface area contributed by atoms with Crippen molar-refractivity contribution >= 4 is 50.7 Å². The minimum absolute atomic E-state index is 0.0198. The molecule has 0 spiro atoms. The number of methoxy groups -OCH3 is 2. The van der Waals surface area contributed by atoms with Crippen LogP contribution in [0.4, 0.5) is 5.69 Å². The summed E-state index contributed by atoms with van der Waals surface area (Å²) in [4.78, 5) is 27.8. The van der Waals surface area contributed by atoms with Gasteiger partial charge < -0.3 is 19.7 Å². The number of nitrogens with zero attached hydrogens (tertiary/aromatic N) is 2. The first-order valence-electron chi connectivity index (χ1n) is 11.2. The maximum absolute atomic E-state index is 13.7. The Hall–Kier alpha value is -2.69. The van der Waals surface area contributed by atoms with Crippen molar-refractivity contribution in [3.63, 3.8) is 0 Å². The molecule has 0 fully saturated rings. The molecule has 0 saturated heterocycles. The van der Waals surface area contributed by atoms with Crippen molar-refractivity contribution in [1.29, 1.82) is 0 Å². The summed E-state index contributed by atoms with van der Waals surface area (Å²) in [7, 11) is -1.01. The number of hydrogen-bond acceptors (Lipinski definition) is 6. The van der Waals surface area contributed by atoms with Crippen molar-refractivity contribution in [1.82, 2.24) is 10.2 Å². The number of benzene rings is 2. The lowest BCUT2D eigenvalue weighted by atomic mass is 10.1. The molecule has 0 radical (unpaired) electrons. The van der Waals surface area contributed by atoms with Gasteiger partial charge in [0.15, 0.2) is 11.5 Å². The fraction of sp³-hybridized carbons (Fsp3) is 0.417. The highest BCUT2D eigenvalue weighted by atomic mass is 35.5. The number of ether oxygens (including phenoxy) is 2. The second-order valence-electron chi connectivity index (χ2n) is 7.88. The van der Waals surface area contributed by atoms with Crippen molar-refractivity contribution in [3.05, 3.63) is 52.0 Å². The molecule has 0 aliphatic rings. The third-order valence-corrected chi connectivity index (χ3v) is 7.15. The Morgan fingerprint density at radius 1 is 1.03 bits per heavy atom. The van der Waals surface area contributed by atoms with E-state index in [2.05, 4.69) is 5.32 Å². The predicted molar refractivity (Wildman–Crippen MR) is 142 cm³/mol. The lowest BCUT2D eigenvalue weighted by Gasteiger charge is -2.33. The molecule has 12 heteroatoms. The zero-order chi connectivity index (χ0) is 27.0. The molecule has 0 unspecified atom stereocenters. The fourth-order valence-corrected chi connectivity index (χ4v) is 4.95. The molecule has 0 bridgehead atoms. The van der Waals surface area contributed by atoms with Crippen LogP contribution in [0.1, 0.15) is 25.8 Å². The van der Waals surface area contributed by atoms with E-state index in [-0.39, 0.29) is 18.1 Å². The third kappa shape index (κ3) is 7.41. The van der Waals surface area contributed by atoms with Gasteiger partial charge in [-0.3, -0.25) is 13.9 Å². The Balaban J connectivity index is 2.51. The van der Waals surface area contributed by atoms with Crippen LogP contribution in [0.2, 0.25) is 10.0 Å². The minimum atomic E-state index is -3.90. The third-order valence-electron chi connectivity index (χ3n) is 5.43. The number of carbonyl (C=O) groups excluding carboxylic acids is 2. The van der Waals surface area contributed by atoms with Gasteiger partial charge in [0.05, 0.1) is 26.2 Å². The summed E-state index contributed by atoms with van der Waals surface area (Å²) < 4.78 is 36.9. The number of amides is 2. The van der Waals surface area contributed by atoms with Crippen LogP contribution in [-0.4, -0.2) is 64.7 Å². The molecule has 9 nitrogen and oxygen atoms in total. The number of halogens is 2. The van der Waals surface area contributed by atoms with E-state index >= 15 is 0 Å². The zero-order valence-corrected chi connectivity index (χ0v) is 23.2. The first-order valence-corrected chi connectivity index (χ1v) is 13.8. The summed E-state index contributed by atoms with van der Waals surface area (Å²) in [6, 6.07) is 8.51. The normalized spacial score (nSPS) is 12.0. The number of hydrogen-bond donors (Lipinski definition) is 1. The molecule has 0 aromatic heterocycles. The van der Waals surface area contributed by atoms with Gasteiger partial charge in [-0.1, -0.05) is 36.2 Å². The highest BCUT2D eigenvalue weighted by Crippen LogP contribution is 2.32. The molecule has 2 amide bonds. The fourth-order valence-electron chi connectivity index (χ4n) is 3.64. The van der Waals surface area contributed by atoms with Gasteiger partial charge in [-0.05, 0) is 43.2 Å². The lowest BCUT2D eigenvalue weighted by molar-refractivity contribution is -0.140. The van der Waals surface area contributed by atoms with Gasteiger partial charge in [-0.15, -0.1) is 0 Å². The molecule has 1 N–H and O–H groups in total. The molecule has 0 aliphatic carbocycles. The lowest BCUT2D eigenvalue weighted by Crippen LogP contribution is -2.52. The summed E-state index contributed by atoms with van der Waals surface area (Å²) in [5, 5.41) is 3.49. The van der Waals surface area contributed by atoms with Crippen LogP contribution in [0.15, 0.2) is 36.4 Å². The number of sulfonamides is 1. The average molecular weight is 561 g/mol. The molecule has 36 heavy (non-hydrogen) atoms. The van der Waals surface area contributed by atoms with Crippen LogP contribution in [0, 0.1) is 0 Å². The number of carbonyl (C=O) groups is 2. The van der Waals surface area contributed by atoms with E-state index in [1.165, 1.54) is 31.3 Å². The van der Waals surface area contributed by atoms with Gasteiger partial charge in [0, 0.05) is 29.2 Å². The number of nitrogens with one attached hydrogen (secondary N) is 1. The molecule has 0 heterocycles. The minimum Gasteiger partial charge on any atom is -0.493 e. The van der Waals surface area contributed by atoms with Gasteiger partial charge in [-0.25, -0.2) is 8.42 Å². The average Bonchev–Trinajstić information content (AvgIpc) is 2.82. The van der Waals surface area contributed by atoms with Gasteiger partial charge in [-0.2, -0.15) is 0 Å². The van der Waals surface area contributed by atoms with E-state index in [1.54, 1.807) is 38.1 Å².